The molecule has 4 nitrogen and oxygen atoms in total. The van der Waals surface area contributed by atoms with E-state index in [0.29, 0.717) is 17.6 Å². The highest BCUT2D eigenvalue weighted by molar-refractivity contribution is 6.12. The number of benzene rings is 11. The van der Waals surface area contributed by atoms with Crippen molar-refractivity contribution in [3.63, 3.8) is 0 Å². The molecule has 0 saturated heterocycles. The second-order valence-electron chi connectivity index (χ2n) is 19.1. The molecule has 346 valence electrons. The Kier molecular flexibility index (Phi) is 10.4. The third-order valence-corrected chi connectivity index (χ3v) is 14.9. The van der Waals surface area contributed by atoms with Crippen molar-refractivity contribution < 1.29 is 0 Å². The summed E-state index contributed by atoms with van der Waals surface area (Å²) in [5.74, 6) is 1.80. The van der Waals surface area contributed by atoms with Gasteiger partial charge in [-0.05, 0) is 132 Å². The molecule has 4 heteroatoms. The van der Waals surface area contributed by atoms with Crippen molar-refractivity contribution in [2.45, 2.75) is 5.41 Å². The van der Waals surface area contributed by atoms with Crippen LogP contribution in [-0.4, -0.2) is 19.5 Å². The maximum atomic E-state index is 5.33. The molecule has 11 aromatic carbocycles. The van der Waals surface area contributed by atoms with E-state index in [1.54, 1.807) is 0 Å². The van der Waals surface area contributed by atoms with Gasteiger partial charge in [-0.25, -0.2) is 4.98 Å². The summed E-state index contributed by atoms with van der Waals surface area (Å²) in [7, 11) is 0. The normalized spacial score (nSPS) is 12.4. The summed E-state index contributed by atoms with van der Waals surface area (Å²) in [6.45, 7) is 0. The van der Waals surface area contributed by atoms with Crippen molar-refractivity contribution in [3.8, 4) is 84.4 Å². The lowest BCUT2D eigenvalue weighted by Crippen LogP contribution is -2.29. The molecule has 0 aliphatic heterocycles. The molecule has 0 bridgehead atoms. The average molecular weight is 943 g/mol. The summed E-state index contributed by atoms with van der Waals surface area (Å²) in [4.78, 5) is 15.8. The van der Waals surface area contributed by atoms with E-state index in [2.05, 4.69) is 247 Å². The number of nitrogens with zero attached hydrogens (tertiary/aromatic N) is 4. The zero-order valence-electron chi connectivity index (χ0n) is 40.3. The molecular formula is C70H46N4. The molecule has 14 rings (SSSR count). The van der Waals surface area contributed by atoms with Gasteiger partial charge in [0.25, 0.3) is 0 Å². The molecule has 0 N–H and O–H groups in total. The van der Waals surface area contributed by atoms with Crippen molar-refractivity contribution in [1.29, 1.82) is 0 Å². The van der Waals surface area contributed by atoms with Gasteiger partial charge in [0.2, 0.25) is 5.95 Å². The van der Waals surface area contributed by atoms with Crippen LogP contribution in [0.4, 0.5) is 0 Å². The van der Waals surface area contributed by atoms with E-state index in [0.717, 1.165) is 83.0 Å². The van der Waals surface area contributed by atoms with Gasteiger partial charge in [-0.1, -0.05) is 224 Å². The summed E-state index contributed by atoms with van der Waals surface area (Å²) < 4.78 is 2.25. The van der Waals surface area contributed by atoms with Crippen LogP contribution in [0.1, 0.15) is 22.3 Å². The molecule has 0 atom stereocenters. The zero-order valence-corrected chi connectivity index (χ0v) is 40.3. The van der Waals surface area contributed by atoms with Crippen LogP contribution < -0.4 is 0 Å². The van der Waals surface area contributed by atoms with Gasteiger partial charge in [0, 0.05) is 21.9 Å². The Morgan fingerprint density at radius 1 is 0.257 bits per heavy atom. The first kappa shape index (κ1) is 43.1. The largest absolute Gasteiger partial charge is 0.278 e. The third-order valence-electron chi connectivity index (χ3n) is 14.9. The minimum absolute atomic E-state index is 0.563. The lowest BCUT2D eigenvalue weighted by atomic mass is 9.66. The van der Waals surface area contributed by atoms with Crippen LogP contribution in [0.5, 0.6) is 0 Å². The maximum absolute atomic E-state index is 5.33. The molecule has 1 aliphatic carbocycles. The molecule has 0 saturated carbocycles. The van der Waals surface area contributed by atoms with Crippen molar-refractivity contribution >= 4 is 21.8 Å². The van der Waals surface area contributed by atoms with Crippen molar-refractivity contribution in [3.05, 3.63) is 301 Å². The maximum Gasteiger partial charge on any atom is 0.238 e. The van der Waals surface area contributed by atoms with E-state index in [-0.39, 0.29) is 0 Å². The minimum atomic E-state index is -0.805. The van der Waals surface area contributed by atoms with E-state index in [4.69, 9.17) is 15.0 Å². The average Bonchev–Trinajstić information content (AvgIpc) is 3.99. The van der Waals surface area contributed by atoms with E-state index in [1.807, 2.05) is 36.4 Å². The van der Waals surface area contributed by atoms with Gasteiger partial charge in [-0.15, -0.1) is 0 Å². The van der Waals surface area contributed by atoms with Crippen LogP contribution in [0.2, 0.25) is 0 Å². The Balaban J connectivity index is 1.12. The number of rotatable bonds is 9. The fourth-order valence-corrected chi connectivity index (χ4v) is 11.5. The number of hydrogen-bond acceptors (Lipinski definition) is 3. The Morgan fingerprint density at radius 2 is 0.649 bits per heavy atom. The van der Waals surface area contributed by atoms with Crippen molar-refractivity contribution in [2.75, 3.05) is 0 Å². The Hall–Kier alpha value is -9.77. The summed E-state index contributed by atoms with van der Waals surface area (Å²) in [6, 6.07) is 101. The van der Waals surface area contributed by atoms with Crippen LogP contribution in [0.3, 0.4) is 0 Å². The molecule has 2 heterocycles. The van der Waals surface area contributed by atoms with Gasteiger partial charge in [-0.3, -0.25) is 4.57 Å². The van der Waals surface area contributed by atoms with Gasteiger partial charge >= 0.3 is 0 Å². The highest BCUT2D eigenvalue weighted by atomic mass is 15.2. The third kappa shape index (κ3) is 7.18. The van der Waals surface area contributed by atoms with E-state index in [9.17, 15) is 0 Å². The van der Waals surface area contributed by atoms with Crippen LogP contribution in [0.15, 0.2) is 279 Å². The molecule has 0 unspecified atom stereocenters. The van der Waals surface area contributed by atoms with Gasteiger partial charge in [0.05, 0.1) is 16.4 Å². The summed E-state index contributed by atoms with van der Waals surface area (Å²) >= 11 is 0. The van der Waals surface area contributed by atoms with Gasteiger partial charge < -0.3 is 0 Å². The first-order valence-corrected chi connectivity index (χ1v) is 25.3. The summed E-state index contributed by atoms with van der Waals surface area (Å²) in [5.41, 5.74) is 19.5. The second-order valence-corrected chi connectivity index (χ2v) is 19.1. The van der Waals surface area contributed by atoms with Crippen LogP contribution >= 0.6 is 0 Å². The lowest BCUT2D eigenvalue weighted by molar-refractivity contribution is 0.771. The monoisotopic (exact) mass is 942 g/mol. The van der Waals surface area contributed by atoms with Gasteiger partial charge in [-0.2, -0.15) is 9.97 Å². The number of para-hydroxylation sites is 1. The molecule has 0 spiro atoms. The zero-order chi connectivity index (χ0) is 49.0. The highest BCUT2D eigenvalue weighted by Crippen LogP contribution is 2.59. The van der Waals surface area contributed by atoms with E-state index < -0.39 is 5.41 Å². The molecule has 13 aromatic rings. The van der Waals surface area contributed by atoms with Gasteiger partial charge in [0.1, 0.15) is 0 Å². The van der Waals surface area contributed by atoms with Crippen molar-refractivity contribution in [1.82, 2.24) is 19.5 Å². The first-order valence-electron chi connectivity index (χ1n) is 25.3. The number of hydrogen-bond donors (Lipinski definition) is 0. The molecular weight excluding hydrogens is 897 g/mol. The SMILES string of the molecule is c1ccc(-c2cc(-c3ccccc3)cc(C3(c4cc(-c5ccccc5)cc(-c5ccccc5)c4)c4ccccc4-c4cc5c(cc43)c3ccccc3n5-c3nc(-c4ccccc4)nc(-c4ccccc4)n3)c2)cc1. The highest BCUT2D eigenvalue weighted by Gasteiger charge is 2.47. The smallest absolute Gasteiger partial charge is 0.238 e. The number of fused-ring (bicyclic) bond motifs is 6. The van der Waals surface area contributed by atoms with Gasteiger partial charge in [0.15, 0.2) is 11.6 Å². The predicted octanol–water partition coefficient (Wildman–Crippen LogP) is 17.3. The molecule has 2 aromatic heterocycles. The Bertz CT molecular complexity index is 3910. The fourth-order valence-electron chi connectivity index (χ4n) is 11.5. The van der Waals surface area contributed by atoms with Crippen LogP contribution in [0, 0.1) is 0 Å². The second kappa shape index (κ2) is 17.8. The fraction of sp³-hybridized carbons (Fsp3) is 0.0143. The predicted molar refractivity (Wildman–Crippen MR) is 304 cm³/mol. The first-order chi connectivity index (χ1) is 36.7. The van der Waals surface area contributed by atoms with Crippen molar-refractivity contribution in [2.24, 2.45) is 0 Å². The Labute approximate surface area is 430 Å². The minimum Gasteiger partial charge on any atom is -0.278 e. The molecule has 74 heavy (non-hydrogen) atoms. The summed E-state index contributed by atoms with van der Waals surface area (Å²) in [6.07, 6.45) is 0. The lowest BCUT2D eigenvalue weighted by Gasteiger charge is -2.35. The van der Waals surface area contributed by atoms with Crippen LogP contribution in [0.25, 0.3) is 106 Å². The molecule has 0 amide bonds. The summed E-state index contributed by atoms with van der Waals surface area (Å²) in [5, 5.41) is 2.23. The topological polar surface area (TPSA) is 43.6 Å². The standard InChI is InChI=1S/C70H46N4/c1-7-23-47(24-8-1)53-39-54(48-25-9-2-10-26-48)42-57(41-53)70(58-43-55(49-27-11-3-12-28-49)40-56(44-58)50-29-13-4-14-30-50)63-37-21-19-35-59(63)61-46-66-62(45-64(61)70)60-36-20-22-38-65(60)74(66)69-72-67(51-31-15-5-16-32-51)71-68(73-69)52-33-17-6-18-34-52/h1-46H. The van der Waals surface area contributed by atoms with E-state index >= 15 is 0 Å². The molecule has 1 aliphatic rings. The molecule has 0 radical (unpaired) electrons. The van der Waals surface area contributed by atoms with E-state index in [1.165, 1.54) is 27.8 Å². The molecule has 0 fully saturated rings. The quantitative estimate of drug-likeness (QED) is 0.145. The van der Waals surface area contributed by atoms with Crippen LogP contribution in [-0.2, 0) is 5.41 Å². The Morgan fingerprint density at radius 3 is 1.11 bits per heavy atom. The number of aromatic nitrogens is 4.